The zero-order chi connectivity index (χ0) is 49.0. The lowest BCUT2D eigenvalue weighted by molar-refractivity contribution is 0.110. The van der Waals surface area contributed by atoms with E-state index in [4.69, 9.17) is 14.2 Å². The van der Waals surface area contributed by atoms with Gasteiger partial charge in [0.1, 0.15) is 35.6 Å². The quantitative estimate of drug-likeness (QED) is 0.141. The van der Waals surface area contributed by atoms with Gasteiger partial charge in [-0.25, -0.2) is 9.97 Å². The molecule has 10 heterocycles. The van der Waals surface area contributed by atoms with Gasteiger partial charge in [-0.2, -0.15) is 0 Å². The van der Waals surface area contributed by atoms with Crippen molar-refractivity contribution in [2.24, 2.45) is 0 Å². The summed E-state index contributed by atoms with van der Waals surface area (Å²) in [5.41, 5.74) is 1.19. The van der Waals surface area contributed by atoms with Gasteiger partial charge in [0.2, 0.25) is 5.88 Å². The first-order valence-corrected chi connectivity index (χ1v) is 25.7. The summed E-state index contributed by atoms with van der Waals surface area (Å²) in [6.07, 6.45) is 27.0. The Balaban J connectivity index is 0.000000143. The molecule has 15 nitrogen and oxygen atoms in total. The van der Waals surface area contributed by atoms with E-state index in [0.717, 1.165) is 101 Å². The van der Waals surface area contributed by atoms with Gasteiger partial charge in [-0.05, 0) is 180 Å². The van der Waals surface area contributed by atoms with E-state index in [1.807, 2.05) is 91.4 Å². The second kappa shape index (κ2) is 31.0. The molecule has 10 rings (SSSR count). The lowest BCUT2D eigenvalue weighted by Gasteiger charge is -2.30. The standard InChI is InChI=1S/2C11H17N3.3C11H16N2O/c1-14-8-4-11(5-9-14)13-10-2-6-12-7-3-10;1-14-8-5-10(6-9-14)13-11-4-2-3-7-12-11;1-13-8-4-11(5-9-13)14-10-2-6-12-7-3-10;1-13-7-4-10(5-8-13)14-11-3-2-6-12-9-11;1-13-8-5-10(6-9-13)14-11-4-2-3-7-12-11/h2-3,6-7,11H,4-5,8-9H2,1H3,(H,12,13);2-4,7,10H,5-6,8-9H2,1H3,(H,12,13);2-3,6-7,11H,4-5,8-9H2,1H3;2-3,6,9-10H,4-5,7-8H2,1H3;2-4,7,10H,5-6,8-9H2,1H3. The van der Waals surface area contributed by atoms with Crippen LogP contribution >= 0.6 is 0 Å². The van der Waals surface area contributed by atoms with Gasteiger partial charge >= 0.3 is 0 Å². The predicted molar refractivity (Wildman–Crippen MR) is 283 cm³/mol. The van der Waals surface area contributed by atoms with Crippen molar-refractivity contribution < 1.29 is 14.2 Å². The highest BCUT2D eigenvalue weighted by Gasteiger charge is 2.21. The summed E-state index contributed by atoms with van der Waals surface area (Å²) in [5.74, 6) is 3.58. The first kappa shape index (κ1) is 53.9. The maximum atomic E-state index is 5.84. The van der Waals surface area contributed by atoms with Gasteiger partial charge in [0.05, 0.1) is 6.20 Å². The fraction of sp³-hybridized carbons (Fsp3) is 0.545. The first-order valence-electron chi connectivity index (χ1n) is 25.7. The van der Waals surface area contributed by atoms with Gasteiger partial charge in [0.15, 0.2) is 0 Å². The maximum Gasteiger partial charge on any atom is 0.213 e. The van der Waals surface area contributed by atoms with Crippen molar-refractivity contribution in [3.63, 3.8) is 0 Å². The Labute approximate surface area is 419 Å². The molecule has 0 bridgehead atoms. The number of nitrogens with one attached hydrogen (secondary N) is 2. The number of hydrogen-bond acceptors (Lipinski definition) is 15. The van der Waals surface area contributed by atoms with Gasteiger partial charge in [0, 0.05) is 106 Å². The molecule has 0 aliphatic carbocycles. The second-order valence-corrected chi connectivity index (χ2v) is 19.3. The van der Waals surface area contributed by atoms with Crippen LogP contribution in [-0.4, -0.2) is 181 Å². The van der Waals surface area contributed by atoms with Crippen LogP contribution in [0.2, 0.25) is 0 Å². The van der Waals surface area contributed by atoms with E-state index in [2.05, 4.69) is 95.3 Å². The first-order chi connectivity index (χ1) is 34.2. The molecule has 15 heteroatoms. The lowest BCUT2D eigenvalue weighted by Crippen LogP contribution is -2.36. The average molecular weight is 959 g/mol. The highest BCUT2D eigenvalue weighted by atomic mass is 16.5. The highest BCUT2D eigenvalue weighted by molar-refractivity contribution is 5.41. The zero-order valence-corrected chi connectivity index (χ0v) is 42.8. The Kier molecular flexibility index (Phi) is 23.9. The van der Waals surface area contributed by atoms with E-state index in [-0.39, 0.29) is 0 Å². The summed E-state index contributed by atoms with van der Waals surface area (Å²) in [6.45, 7) is 11.5. The fourth-order valence-electron chi connectivity index (χ4n) is 8.76. The van der Waals surface area contributed by atoms with Gasteiger partial charge in [-0.3, -0.25) is 15.0 Å². The number of hydrogen-bond donors (Lipinski definition) is 2. The zero-order valence-electron chi connectivity index (χ0n) is 42.8. The van der Waals surface area contributed by atoms with Crippen LogP contribution in [-0.2, 0) is 0 Å². The summed E-state index contributed by atoms with van der Waals surface area (Å²) >= 11 is 0. The lowest BCUT2D eigenvalue weighted by atomic mass is 10.1. The molecular weight excluding hydrogens is 877 g/mol. The average Bonchev–Trinajstić information content (AvgIpc) is 3.40. The summed E-state index contributed by atoms with van der Waals surface area (Å²) in [5, 5.41) is 7.00. The van der Waals surface area contributed by atoms with Crippen LogP contribution in [0.25, 0.3) is 0 Å². The molecular formula is C55H82N12O3. The van der Waals surface area contributed by atoms with Gasteiger partial charge in [-0.1, -0.05) is 12.1 Å². The van der Waals surface area contributed by atoms with Crippen molar-refractivity contribution in [2.75, 3.05) is 111 Å². The van der Waals surface area contributed by atoms with Gasteiger partial charge in [0.25, 0.3) is 0 Å². The molecule has 0 amide bonds. The van der Waals surface area contributed by atoms with E-state index in [9.17, 15) is 0 Å². The van der Waals surface area contributed by atoms with Crippen LogP contribution in [0.15, 0.2) is 122 Å². The molecule has 2 N–H and O–H groups in total. The third kappa shape index (κ3) is 21.7. The second-order valence-electron chi connectivity index (χ2n) is 19.3. The number of pyridine rings is 5. The van der Waals surface area contributed by atoms with E-state index in [1.54, 1.807) is 31.0 Å². The van der Waals surface area contributed by atoms with Crippen molar-refractivity contribution in [1.82, 2.24) is 49.4 Å². The monoisotopic (exact) mass is 959 g/mol. The number of rotatable bonds is 10. The number of nitrogens with zero attached hydrogens (tertiary/aromatic N) is 10. The number of piperidine rings is 5. The maximum absolute atomic E-state index is 5.84. The van der Waals surface area contributed by atoms with Crippen molar-refractivity contribution in [3.05, 3.63) is 122 Å². The number of likely N-dealkylation sites (tertiary alicyclic amines) is 5. The van der Waals surface area contributed by atoms with Crippen molar-refractivity contribution in [2.45, 2.75) is 94.6 Å². The van der Waals surface area contributed by atoms with Crippen molar-refractivity contribution >= 4 is 11.5 Å². The smallest absolute Gasteiger partial charge is 0.213 e. The van der Waals surface area contributed by atoms with Gasteiger partial charge in [-0.15, -0.1) is 0 Å². The van der Waals surface area contributed by atoms with Crippen molar-refractivity contribution in [3.8, 4) is 17.4 Å². The summed E-state index contributed by atoms with van der Waals surface area (Å²) < 4.78 is 17.4. The topological polar surface area (TPSA) is 132 Å². The summed E-state index contributed by atoms with van der Waals surface area (Å²) in [4.78, 5) is 32.2. The molecule has 0 atom stereocenters. The molecule has 5 aromatic rings. The van der Waals surface area contributed by atoms with Crippen LogP contribution < -0.4 is 24.8 Å². The Morgan fingerprint density at radius 3 is 1.29 bits per heavy atom. The van der Waals surface area contributed by atoms with Crippen LogP contribution in [0.3, 0.4) is 0 Å². The van der Waals surface area contributed by atoms with E-state index in [0.29, 0.717) is 30.4 Å². The Morgan fingerprint density at radius 1 is 0.386 bits per heavy atom. The molecule has 0 aromatic carbocycles. The minimum atomic E-state index is 0.348. The molecule has 5 aliphatic rings. The Morgan fingerprint density at radius 2 is 0.829 bits per heavy atom. The molecule has 5 fully saturated rings. The minimum Gasteiger partial charge on any atom is -0.490 e. The molecule has 0 spiro atoms. The van der Waals surface area contributed by atoms with E-state index in [1.165, 1.54) is 57.5 Å². The summed E-state index contributed by atoms with van der Waals surface area (Å²) in [6, 6.07) is 24.7. The Bertz CT molecular complexity index is 1680. The molecule has 0 radical (unpaired) electrons. The SMILES string of the molecule is CN1CCC(Nc2ccccn2)CC1.CN1CCC(Nc2ccncc2)CC1.CN1CCC(Oc2ccccn2)CC1.CN1CCC(Oc2cccnc2)CC1.CN1CCC(Oc2ccncc2)CC1. The fourth-order valence-corrected chi connectivity index (χ4v) is 8.76. The molecule has 5 aromatic heterocycles. The van der Waals surface area contributed by atoms with Crippen LogP contribution in [0.1, 0.15) is 64.2 Å². The van der Waals surface area contributed by atoms with Crippen LogP contribution in [0.5, 0.6) is 17.4 Å². The third-order valence-corrected chi connectivity index (χ3v) is 13.3. The normalized spacial score (nSPS) is 19.5. The van der Waals surface area contributed by atoms with Crippen molar-refractivity contribution in [1.29, 1.82) is 0 Å². The third-order valence-electron chi connectivity index (χ3n) is 13.3. The molecule has 0 saturated carbocycles. The minimum absolute atomic E-state index is 0.348. The van der Waals surface area contributed by atoms with Gasteiger partial charge < -0.3 is 49.3 Å². The van der Waals surface area contributed by atoms with E-state index < -0.39 is 0 Å². The number of aromatic nitrogens is 5. The molecule has 5 aliphatic heterocycles. The number of ether oxygens (including phenoxy) is 3. The van der Waals surface area contributed by atoms with E-state index >= 15 is 0 Å². The molecule has 380 valence electrons. The molecule has 70 heavy (non-hydrogen) atoms. The van der Waals surface area contributed by atoms with Crippen LogP contribution in [0.4, 0.5) is 11.5 Å². The molecule has 0 unspecified atom stereocenters. The largest absolute Gasteiger partial charge is 0.490 e. The molecule has 5 saturated heterocycles. The summed E-state index contributed by atoms with van der Waals surface area (Å²) in [7, 11) is 10.8. The predicted octanol–water partition coefficient (Wildman–Crippen LogP) is 7.84. The highest BCUT2D eigenvalue weighted by Crippen LogP contribution is 2.20. The number of anilines is 2. The van der Waals surface area contributed by atoms with Crippen LogP contribution in [0, 0.1) is 0 Å². The Hall–Kier alpha value is -5.45.